The standard InChI is InChI=1S/C25H24F2N4O2/c1-24(2)15-9-10-25(24,20-8-4-7-18(29-20)23(33)28-11-12-32)22-14(15)13-19(30-31-22)21-16(26)5-3-6-17(21)27/h3-8,13,15,32H,9-12H2,1-2H3,(H,28,33)/t15-,25-/m0/s1. The second kappa shape index (κ2) is 7.66. The zero-order valence-electron chi connectivity index (χ0n) is 18.4. The van der Waals surface area contributed by atoms with Gasteiger partial charge in [-0.1, -0.05) is 26.0 Å². The highest BCUT2D eigenvalue weighted by Crippen LogP contribution is 2.69. The second-order valence-electron chi connectivity index (χ2n) is 9.24. The molecule has 3 aromatic rings. The quantitative estimate of drug-likeness (QED) is 0.618. The Morgan fingerprint density at radius 2 is 1.88 bits per heavy atom. The van der Waals surface area contributed by atoms with E-state index < -0.39 is 17.0 Å². The first kappa shape index (κ1) is 21.6. The van der Waals surface area contributed by atoms with Crippen LogP contribution < -0.4 is 5.32 Å². The lowest BCUT2D eigenvalue weighted by Gasteiger charge is -2.37. The number of aromatic nitrogens is 3. The van der Waals surface area contributed by atoms with Crippen LogP contribution in [0.15, 0.2) is 42.5 Å². The van der Waals surface area contributed by atoms with Crippen molar-refractivity contribution in [2.45, 2.75) is 38.0 Å². The summed E-state index contributed by atoms with van der Waals surface area (Å²) in [5, 5.41) is 20.4. The number of pyridine rings is 1. The van der Waals surface area contributed by atoms with Gasteiger partial charge in [-0.2, -0.15) is 5.10 Å². The number of carbonyl (C=O) groups is 1. The van der Waals surface area contributed by atoms with E-state index in [0.29, 0.717) is 0 Å². The van der Waals surface area contributed by atoms with Crippen molar-refractivity contribution in [2.75, 3.05) is 13.2 Å². The minimum Gasteiger partial charge on any atom is -0.395 e. The zero-order chi connectivity index (χ0) is 23.4. The molecule has 0 radical (unpaired) electrons. The van der Waals surface area contributed by atoms with Crippen LogP contribution >= 0.6 is 0 Å². The fourth-order valence-corrected chi connectivity index (χ4v) is 5.82. The van der Waals surface area contributed by atoms with E-state index in [1.807, 2.05) is 6.07 Å². The summed E-state index contributed by atoms with van der Waals surface area (Å²) in [4.78, 5) is 17.2. The van der Waals surface area contributed by atoms with Gasteiger partial charge in [-0.15, -0.1) is 5.10 Å². The molecule has 1 aromatic carbocycles. The van der Waals surface area contributed by atoms with E-state index in [4.69, 9.17) is 10.1 Å². The van der Waals surface area contributed by atoms with Gasteiger partial charge in [0.2, 0.25) is 0 Å². The summed E-state index contributed by atoms with van der Waals surface area (Å²) in [5.41, 5.74) is 1.81. The monoisotopic (exact) mass is 450 g/mol. The van der Waals surface area contributed by atoms with Crippen LogP contribution in [0.25, 0.3) is 11.3 Å². The molecule has 2 aliphatic rings. The molecule has 1 amide bonds. The van der Waals surface area contributed by atoms with Gasteiger partial charge in [0.05, 0.1) is 34.7 Å². The first-order chi connectivity index (χ1) is 15.8. The maximum absolute atomic E-state index is 14.4. The molecule has 2 aliphatic carbocycles. The number of amides is 1. The smallest absolute Gasteiger partial charge is 0.269 e. The van der Waals surface area contributed by atoms with Gasteiger partial charge >= 0.3 is 0 Å². The number of carbonyl (C=O) groups excluding carboxylic acids is 1. The van der Waals surface area contributed by atoms with E-state index in [1.54, 1.807) is 18.2 Å². The Morgan fingerprint density at radius 3 is 2.61 bits per heavy atom. The van der Waals surface area contributed by atoms with Crippen molar-refractivity contribution in [3.63, 3.8) is 0 Å². The average Bonchev–Trinajstić information content (AvgIpc) is 3.18. The molecule has 2 atom stereocenters. The molecule has 1 saturated carbocycles. The van der Waals surface area contributed by atoms with Crippen LogP contribution in [0.3, 0.4) is 0 Å². The van der Waals surface area contributed by atoms with Crippen LogP contribution in [0, 0.1) is 17.0 Å². The van der Waals surface area contributed by atoms with E-state index in [-0.39, 0.29) is 47.3 Å². The Morgan fingerprint density at radius 1 is 1.15 bits per heavy atom. The zero-order valence-corrected chi connectivity index (χ0v) is 18.4. The van der Waals surface area contributed by atoms with E-state index in [2.05, 4.69) is 29.4 Å². The van der Waals surface area contributed by atoms with Crippen molar-refractivity contribution in [3.8, 4) is 11.3 Å². The number of hydrogen-bond donors (Lipinski definition) is 2. The van der Waals surface area contributed by atoms with Crippen LogP contribution in [0.4, 0.5) is 8.78 Å². The summed E-state index contributed by atoms with van der Waals surface area (Å²) in [6.45, 7) is 4.29. The van der Waals surface area contributed by atoms with Crippen molar-refractivity contribution in [1.82, 2.24) is 20.5 Å². The van der Waals surface area contributed by atoms with Gasteiger partial charge in [0.15, 0.2) is 0 Å². The molecule has 0 saturated heterocycles. The number of benzene rings is 1. The summed E-state index contributed by atoms with van der Waals surface area (Å²) in [5.74, 6) is -1.59. The second-order valence-corrected chi connectivity index (χ2v) is 9.24. The van der Waals surface area contributed by atoms with Crippen LogP contribution in [0.5, 0.6) is 0 Å². The topological polar surface area (TPSA) is 88.0 Å². The normalized spacial score (nSPS) is 22.3. The molecule has 0 unspecified atom stereocenters. The molecule has 2 heterocycles. The van der Waals surface area contributed by atoms with E-state index in [1.165, 1.54) is 18.2 Å². The number of aliphatic hydroxyl groups is 1. The van der Waals surface area contributed by atoms with Crippen molar-refractivity contribution < 1.29 is 18.7 Å². The van der Waals surface area contributed by atoms with Crippen LogP contribution in [-0.2, 0) is 5.41 Å². The van der Waals surface area contributed by atoms with E-state index in [0.717, 1.165) is 29.8 Å². The van der Waals surface area contributed by atoms with Gasteiger partial charge in [0.1, 0.15) is 17.3 Å². The minimum atomic E-state index is -0.676. The summed E-state index contributed by atoms with van der Waals surface area (Å²) < 4.78 is 28.8. The number of halogens is 2. The first-order valence-electron chi connectivity index (χ1n) is 11.0. The van der Waals surface area contributed by atoms with Crippen molar-refractivity contribution in [1.29, 1.82) is 0 Å². The third-order valence-corrected chi connectivity index (χ3v) is 7.42. The molecule has 2 aromatic heterocycles. The highest BCUT2D eigenvalue weighted by molar-refractivity contribution is 5.92. The molecule has 170 valence electrons. The third-order valence-electron chi connectivity index (χ3n) is 7.42. The fourth-order valence-electron chi connectivity index (χ4n) is 5.82. The van der Waals surface area contributed by atoms with Crippen molar-refractivity contribution >= 4 is 5.91 Å². The molecular formula is C25H24F2N4O2. The predicted octanol–water partition coefficient (Wildman–Crippen LogP) is 3.74. The maximum atomic E-state index is 14.4. The number of hydrogen-bond acceptors (Lipinski definition) is 5. The third kappa shape index (κ3) is 3.00. The summed E-state index contributed by atoms with van der Waals surface area (Å²) in [7, 11) is 0. The number of nitrogens with zero attached hydrogens (tertiary/aromatic N) is 3. The summed E-state index contributed by atoms with van der Waals surface area (Å²) >= 11 is 0. The number of nitrogens with one attached hydrogen (secondary N) is 1. The lowest BCUT2D eigenvalue weighted by Crippen LogP contribution is -2.38. The lowest BCUT2D eigenvalue weighted by atomic mass is 9.66. The maximum Gasteiger partial charge on any atom is 0.269 e. The lowest BCUT2D eigenvalue weighted by molar-refractivity contribution is 0.0938. The number of aliphatic hydroxyl groups excluding tert-OH is 1. The van der Waals surface area contributed by atoms with Gasteiger partial charge in [0, 0.05) is 6.54 Å². The largest absolute Gasteiger partial charge is 0.395 e. The highest BCUT2D eigenvalue weighted by Gasteiger charge is 2.65. The molecule has 5 rings (SSSR count). The highest BCUT2D eigenvalue weighted by atomic mass is 19.1. The Bertz CT molecular complexity index is 1240. The van der Waals surface area contributed by atoms with Gasteiger partial charge < -0.3 is 10.4 Å². The van der Waals surface area contributed by atoms with Crippen LogP contribution in [0.1, 0.15) is 60.0 Å². The van der Waals surface area contributed by atoms with E-state index in [9.17, 15) is 13.6 Å². The molecule has 0 spiro atoms. The number of fused-ring (bicyclic) bond motifs is 5. The Kier molecular flexibility index (Phi) is 5.01. The van der Waals surface area contributed by atoms with E-state index >= 15 is 0 Å². The minimum absolute atomic E-state index is 0.116. The van der Waals surface area contributed by atoms with Gasteiger partial charge in [-0.25, -0.2) is 13.8 Å². The SMILES string of the molecule is CC1(C)[C@H]2CC[C@]1(c1cccc(C(=O)NCCO)n1)c1nnc(-c3c(F)cccc3F)cc12. The predicted molar refractivity (Wildman–Crippen MR) is 118 cm³/mol. The Hall–Kier alpha value is -3.26. The van der Waals surface area contributed by atoms with Gasteiger partial charge in [-0.05, 0) is 60.1 Å². The summed E-state index contributed by atoms with van der Waals surface area (Å²) in [6, 6.07) is 10.8. The van der Waals surface area contributed by atoms with Crippen molar-refractivity contribution in [2.24, 2.45) is 5.41 Å². The van der Waals surface area contributed by atoms with Gasteiger partial charge in [0.25, 0.3) is 5.91 Å². The molecule has 8 heteroatoms. The van der Waals surface area contributed by atoms with Crippen molar-refractivity contribution in [3.05, 3.63) is 76.7 Å². The molecule has 2 bridgehead atoms. The number of rotatable bonds is 5. The molecular weight excluding hydrogens is 426 g/mol. The summed E-state index contributed by atoms with van der Waals surface area (Å²) in [6.07, 6.45) is 1.65. The molecule has 0 aliphatic heterocycles. The molecule has 33 heavy (non-hydrogen) atoms. The average molecular weight is 450 g/mol. The Labute approximate surface area is 190 Å². The molecule has 2 N–H and O–H groups in total. The van der Waals surface area contributed by atoms with Crippen LogP contribution in [0.2, 0.25) is 0 Å². The van der Waals surface area contributed by atoms with Gasteiger partial charge in [-0.3, -0.25) is 4.79 Å². The Balaban J connectivity index is 1.63. The first-order valence-corrected chi connectivity index (χ1v) is 11.0. The van der Waals surface area contributed by atoms with Crippen LogP contribution in [-0.4, -0.2) is 39.3 Å². The fraction of sp³-hybridized carbons (Fsp3) is 0.360. The molecule has 6 nitrogen and oxygen atoms in total. The molecule has 1 fully saturated rings.